The van der Waals surface area contributed by atoms with Crippen molar-refractivity contribution in [3.05, 3.63) is 90.1 Å². The first-order valence-corrected chi connectivity index (χ1v) is 11.1. The van der Waals surface area contributed by atoms with E-state index in [9.17, 15) is 14.7 Å². The van der Waals surface area contributed by atoms with Crippen LogP contribution < -0.4 is 19.9 Å². The minimum absolute atomic E-state index is 0.206. The second-order valence-corrected chi connectivity index (χ2v) is 7.38. The molecule has 3 aromatic carbocycles. The first kappa shape index (κ1) is 24.4. The van der Waals surface area contributed by atoms with Crippen LogP contribution in [0.5, 0.6) is 5.75 Å². The van der Waals surface area contributed by atoms with E-state index in [2.05, 4.69) is 24.1 Å². The number of rotatable bonds is 10. The molecule has 0 saturated heterocycles. The third-order valence-electron chi connectivity index (χ3n) is 5.44. The molecule has 0 saturated carbocycles. The first-order chi connectivity index (χ1) is 16.5. The summed E-state index contributed by atoms with van der Waals surface area (Å²) in [4.78, 5) is 29.0. The molecule has 0 atom stereocenters. The zero-order valence-electron chi connectivity index (χ0n) is 19.6. The van der Waals surface area contributed by atoms with Crippen molar-refractivity contribution < 1.29 is 19.4 Å². The van der Waals surface area contributed by atoms with Crippen LogP contribution in [0.15, 0.2) is 84.6 Å². The number of benzene rings is 3. The average molecular weight is 460 g/mol. The Hall–Kier alpha value is -4.26. The summed E-state index contributed by atoms with van der Waals surface area (Å²) < 4.78 is 5.32. The van der Waals surface area contributed by atoms with E-state index in [4.69, 9.17) is 4.74 Å². The monoisotopic (exact) mass is 459 g/mol. The van der Waals surface area contributed by atoms with Crippen molar-refractivity contribution in [3.63, 3.8) is 0 Å². The lowest BCUT2D eigenvalue weighted by molar-refractivity contribution is -0.114. The van der Waals surface area contributed by atoms with Crippen LogP contribution in [0.1, 0.15) is 19.4 Å². The first-order valence-electron chi connectivity index (χ1n) is 11.1. The molecule has 0 aromatic heterocycles. The lowest BCUT2D eigenvalue weighted by Gasteiger charge is -2.24. The molecule has 0 fully saturated rings. The number of carbonyl (C=O) groups is 2. The van der Waals surface area contributed by atoms with Gasteiger partial charge < -0.3 is 20.1 Å². The molecule has 0 spiro atoms. The molecule has 0 unspecified atom stereocenters. The largest absolute Gasteiger partial charge is 0.505 e. The molecule has 34 heavy (non-hydrogen) atoms. The molecule has 0 aliphatic heterocycles. The number of anilines is 3. The number of methoxy groups -OCH3 is 1. The summed E-state index contributed by atoms with van der Waals surface area (Å²) >= 11 is 0. The van der Waals surface area contributed by atoms with Crippen molar-refractivity contribution in [3.8, 4) is 5.75 Å². The van der Waals surface area contributed by atoms with Crippen LogP contribution in [0, 0.1) is 0 Å². The van der Waals surface area contributed by atoms with Crippen LogP contribution in [0.4, 0.5) is 17.1 Å². The number of carbonyl (C=O) groups excluding carboxylic acids is 2. The molecule has 0 bridgehead atoms. The summed E-state index contributed by atoms with van der Waals surface area (Å²) in [5.41, 5.74) is 2.05. The van der Waals surface area contributed by atoms with Crippen molar-refractivity contribution in [2.24, 2.45) is 0 Å². The second kappa shape index (κ2) is 11.6. The maximum atomic E-state index is 13.4. The quantitative estimate of drug-likeness (QED) is 0.251. The fourth-order valence-corrected chi connectivity index (χ4v) is 3.65. The van der Waals surface area contributed by atoms with E-state index in [-0.39, 0.29) is 11.5 Å². The van der Waals surface area contributed by atoms with Crippen LogP contribution in [0.25, 0.3) is 5.76 Å². The summed E-state index contributed by atoms with van der Waals surface area (Å²) in [5, 5.41) is 13.9. The number of para-hydroxylation sites is 2. The van der Waals surface area contributed by atoms with Gasteiger partial charge in [0.05, 0.1) is 12.8 Å². The van der Waals surface area contributed by atoms with Gasteiger partial charge in [-0.05, 0) is 50.2 Å². The summed E-state index contributed by atoms with van der Waals surface area (Å²) in [7, 11) is 1.50. The molecule has 2 N–H and O–H groups in total. The Balaban J connectivity index is 2.07. The van der Waals surface area contributed by atoms with Gasteiger partial charge in [0.2, 0.25) is 6.41 Å². The Morgan fingerprint density at radius 1 is 0.912 bits per heavy atom. The minimum atomic E-state index is -0.661. The van der Waals surface area contributed by atoms with Crippen molar-refractivity contribution in [2.75, 3.05) is 35.3 Å². The standard InChI is InChI=1S/C27H29N3O4/c1-4-29(5-2)21-15-17-22(18-16-21)30(19-31)25(26(32)20-11-7-6-8-12-20)27(33)28-23-13-9-10-14-24(23)34-3/h6-19,32H,4-5H2,1-3H3,(H,28,33)/b26-25-. The predicted molar refractivity (Wildman–Crippen MR) is 136 cm³/mol. The third kappa shape index (κ3) is 5.38. The average Bonchev–Trinajstić information content (AvgIpc) is 2.89. The molecule has 0 aliphatic rings. The number of aliphatic hydroxyl groups is 1. The molecule has 3 aromatic rings. The second-order valence-electron chi connectivity index (χ2n) is 7.38. The maximum Gasteiger partial charge on any atom is 0.276 e. The van der Waals surface area contributed by atoms with Gasteiger partial charge in [0, 0.05) is 30.0 Å². The minimum Gasteiger partial charge on any atom is -0.505 e. The number of nitrogens with one attached hydrogen (secondary N) is 1. The zero-order chi connectivity index (χ0) is 24.5. The van der Waals surface area contributed by atoms with Crippen LogP contribution in [0.3, 0.4) is 0 Å². The maximum absolute atomic E-state index is 13.4. The van der Waals surface area contributed by atoms with Gasteiger partial charge in [-0.25, -0.2) is 0 Å². The molecule has 2 amide bonds. The van der Waals surface area contributed by atoms with Gasteiger partial charge in [-0.3, -0.25) is 14.5 Å². The van der Waals surface area contributed by atoms with E-state index in [0.29, 0.717) is 29.1 Å². The van der Waals surface area contributed by atoms with Crippen LogP contribution in [-0.4, -0.2) is 37.6 Å². The Morgan fingerprint density at radius 3 is 2.09 bits per heavy atom. The van der Waals surface area contributed by atoms with Gasteiger partial charge >= 0.3 is 0 Å². The van der Waals surface area contributed by atoms with E-state index in [1.807, 2.05) is 12.1 Å². The van der Waals surface area contributed by atoms with Gasteiger partial charge in [-0.15, -0.1) is 0 Å². The predicted octanol–water partition coefficient (Wildman–Crippen LogP) is 5.07. The highest BCUT2D eigenvalue weighted by atomic mass is 16.5. The Bertz CT molecular complexity index is 1140. The van der Waals surface area contributed by atoms with E-state index >= 15 is 0 Å². The van der Waals surface area contributed by atoms with Gasteiger partial charge in [0.25, 0.3) is 5.91 Å². The lowest BCUT2D eigenvalue weighted by atomic mass is 10.1. The molecular formula is C27H29N3O4. The van der Waals surface area contributed by atoms with Crippen LogP contribution >= 0.6 is 0 Å². The van der Waals surface area contributed by atoms with E-state index in [1.165, 1.54) is 7.11 Å². The highest BCUT2D eigenvalue weighted by molar-refractivity contribution is 6.14. The van der Waals surface area contributed by atoms with Crippen LogP contribution in [0.2, 0.25) is 0 Å². The number of aliphatic hydroxyl groups excluding tert-OH is 1. The number of amides is 2. The third-order valence-corrected chi connectivity index (χ3v) is 5.44. The summed E-state index contributed by atoms with van der Waals surface area (Å²) in [6.07, 6.45) is 0.517. The van der Waals surface area contributed by atoms with Crippen molar-refractivity contribution in [2.45, 2.75) is 13.8 Å². The number of ether oxygens (including phenoxy) is 1. The highest BCUT2D eigenvalue weighted by Gasteiger charge is 2.26. The number of hydrogen-bond acceptors (Lipinski definition) is 5. The number of hydrogen-bond donors (Lipinski definition) is 2. The topological polar surface area (TPSA) is 82.1 Å². The summed E-state index contributed by atoms with van der Waals surface area (Å²) in [5.74, 6) is -0.533. The Kier molecular flexibility index (Phi) is 8.29. The van der Waals surface area contributed by atoms with Crippen molar-refractivity contribution in [1.82, 2.24) is 0 Å². The van der Waals surface area contributed by atoms with Gasteiger partial charge in [0.1, 0.15) is 5.75 Å². The molecule has 3 rings (SSSR count). The fourth-order valence-electron chi connectivity index (χ4n) is 3.65. The molecule has 0 aliphatic carbocycles. The Morgan fingerprint density at radius 2 is 1.50 bits per heavy atom. The van der Waals surface area contributed by atoms with Crippen molar-refractivity contribution >= 4 is 35.1 Å². The summed E-state index contributed by atoms with van der Waals surface area (Å²) in [6.45, 7) is 5.81. The smallest absolute Gasteiger partial charge is 0.276 e. The molecule has 7 heteroatoms. The summed E-state index contributed by atoms with van der Waals surface area (Å²) in [6, 6.07) is 22.8. The number of nitrogens with zero attached hydrogens (tertiary/aromatic N) is 2. The van der Waals surface area contributed by atoms with Crippen LogP contribution in [-0.2, 0) is 9.59 Å². The SMILES string of the molecule is CCN(CC)c1ccc(N(C=O)/C(C(=O)Nc2ccccc2OC)=C(\O)c2ccccc2)cc1. The molecule has 0 heterocycles. The fraction of sp³-hybridized carbons (Fsp3) is 0.185. The Labute approximate surface area is 199 Å². The highest BCUT2D eigenvalue weighted by Crippen LogP contribution is 2.29. The van der Waals surface area contributed by atoms with Gasteiger partial charge in [0.15, 0.2) is 11.5 Å². The molecule has 7 nitrogen and oxygen atoms in total. The van der Waals surface area contributed by atoms with E-state index in [1.54, 1.807) is 66.7 Å². The molecule has 176 valence electrons. The van der Waals surface area contributed by atoms with Crippen molar-refractivity contribution in [1.29, 1.82) is 0 Å². The molecular weight excluding hydrogens is 430 g/mol. The van der Waals surface area contributed by atoms with E-state index < -0.39 is 5.91 Å². The lowest BCUT2D eigenvalue weighted by Crippen LogP contribution is -2.31. The van der Waals surface area contributed by atoms with Gasteiger partial charge in [-0.1, -0.05) is 42.5 Å². The van der Waals surface area contributed by atoms with E-state index in [0.717, 1.165) is 23.7 Å². The zero-order valence-corrected chi connectivity index (χ0v) is 19.6. The van der Waals surface area contributed by atoms with Gasteiger partial charge in [-0.2, -0.15) is 0 Å². The normalized spacial score (nSPS) is 11.3. The molecule has 0 radical (unpaired) electrons.